The quantitative estimate of drug-likeness (QED) is 0.432. The maximum absolute atomic E-state index is 5.57. The number of methoxy groups -OCH3 is 1. The van der Waals surface area contributed by atoms with Gasteiger partial charge in [-0.3, -0.25) is 0 Å². The van der Waals surface area contributed by atoms with Gasteiger partial charge in [0.2, 0.25) is 0 Å². The molecule has 0 radical (unpaired) electrons. The van der Waals surface area contributed by atoms with Gasteiger partial charge in [-0.25, -0.2) is 0 Å². The van der Waals surface area contributed by atoms with Crippen molar-refractivity contribution in [3.05, 3.63) is 0 Å². The van der Waals surface area contributed by atoms with Gasteiger partial charge in [-0.2, -0.15) is 0 Å². The van der Waals surface area contributed by atoms with Crippen molar-refractivity contribution in [1.29, 1.82) is 0 Å². The van der Waals surface area contributed by atoms with Gasteiger partial charge in [-0.1, -0.05) is 53.9 Å². The second-order valence-electron chi connectivity index (χ2n) is 6.85. The Labute approximate surface area is 116 Å². The van der Waals surface area contributed by atoms with Gasteiger partial charge in [-0.05, 0) is 43.4 Å². The van der Waals surface area contributed by atoms with Crippen LogP contribution in [0.5, 0.6) is 0 Å². The van der Waals surface area contributed by atoms with Crippen molar-refractivity contribution in [2.75, 3.05) is 7.11 Å². The van der Waals surface area contributed by atoms with Gasteiger partial charge in [-0.15, -0.1) is 0 Å². The summed E-state index contributed by atoms with van der Waals surface area (Å²) < 4.78 is 5.57. The highest BCUT2D eigenvalue weighted by Crippen LogP contribution is 2.20. The Morgan fingerprint density at radius 2 is 1.33 bits per heavy atom. The van der Waals surface area contributed by atoms with Crippen LogP contribution in [0, 0.1) is 17.8 Å². The van der Waals surface area contributed by atoms with E-state index in [-0.39, 0.29) is 0 Å². The van der Waals surface area contributed by atoms with E-state index in [0.29, 0.717) is 6.10 Å². The van der Waals surface area contributed by atoms with Crippen LogP contribution < -0.4 is 0 Å². The molecule has 0 N–H and O–H groups in total. The van der Waals surface area contributed by atoms with Crippen LogP contribution in [0.15, 0.2) is 0 Å². The van der Waals surface area contributed by atoms with E-state index in [2.05, 4.69) is 34.6 Å². The molecule has 0 amide bonds. The van der Waals surface area contributed by atoms with Gasteiger partial charge < -0.3 is 4.74 Å². The second kappa shape index (κ2) is 10.8. The van der Waals surface area contributed by atoms with Crippen LogP contribution in [0.25, 0.3) is 0 Å². The Bertz CT molecular complexity index is 174. The molecule has 0 aromatic heterocycles. The third-order valence-electron chi connectivity index (χ3n) is 3.75. The maximum atomic E-state index is 5.57. The van der Waals surface area contributed by atoms with E-state index >= 15 is 0 Å². The molecule has 0 saturated heterocycles. The van der Waals surface area contributed by atoms with Gasteiger partial charge in [0.1, 0.15) is 0 Å². The standard InChI is InChI=1S/C17H36O/c1-14(2)11-12-17(18-6)10-8-7-9-16(5)13-15(3)4/h14-17H,7-13H2,1-6H3. The van der Waals surface area contributed by atoms with Crippen molar-refractivity contribution in [3.63, 3.8) is 0 Å². The van der Waals surface area contributed by atoms with Gasteiger partial charge in [0.15, 0.2) is 0 Å². The summed E-state index contributed by atoms with van der Waals surface area (Å²) in [4.78, 5) is 0. The van der Waals surface area contributed by atoms with Gasteiger partial charge >= 0.3 is 0 Å². The van der Waals surface area contributed by atoms with Crippen LogP contribution >= 0.6 is 0 Å². The Morgan fingerprint density at radius 3 is 1.83 bits per heavy atom. The molecule has 18 heavy (non-hydrogen) atoms. The lowest BCUT2D eigenvalue weighted by molar-refractivity contribution is 0.0805. The minimum atomic E-state index is 0.493. The van der Waals surface area contributed by atoms with Crippen LogP contribution in [-0.2, 0) is 4.74 Å². The molecule has 0 aliphatic carbocycles. The fourth-order valence-electron chi connectivity index (χ4n) is 2.69. The molecular formula is C17H36O. The number of ether oxygens (including phenoxy) is 1. The molecule has 2 atom stereocenters. The Hall–Kier alpha value is -0.0400. The molecule has 0 aliphatic rings. The highest BCUT2D eigenvalue weighted by atomic mass is 16.5. The molecule has 0 bridgehead atoms. The molecule has 0 aromatic carbocycles. The first-order valence-corrected chi connectivity index (χ1v) is 7.98. The van der Waals surface area contributed by atoms with Crippen molar-refractivity contribution in [2.45, 2.75) is 85.7 Å². The average Bonchev–Trinajstić information content (AvgIpc) is 2.26. The molecule has 0 fully saturated rings. The van der Waals surface area contributed by atoms with E-state index in [4.69, 9.17) is 4.74 Å². The first-order valence-electron chi connectivity index (χ1n) is 7.98. The van der Waals surface area contributed by atoms with E-state index in [1.807, 2.05) is 7.11 Å². The molecule has 0 saturated carbocycles. The second-order valence-corrected chi connectivity index (χ2v) is 6.85. The lowest BCUT2D eigenvalue weighted by Crippen LogP contribution is -2.11. The van der Waals surface area contributed by atoms with Crippen molar-refractivity contribution >= 4 is 0 Å². The lowest BCUT2D eigenvalue weighted by atomic mass is 9.93. The lowest BCUT2D eigenvalue weighted by Gasteiger charge is -2.17. The summed E-state index contributed by atoms with van der Waals surface area (Å²) in [7, 11) is 1.87. The fourth-order valence-corrected chi connectivity index (χ4v) is 2.69. The Kier molecular flexibility index (Phi) is 10.8. The summed E-state index contributed by atoms with van der Waals surface area (Å²) in [6.45, 7) is 11.6. The molecular weight excluding hydrogens is 220 g/mol. The summed E-state index contributed by atoms with van der Waals surface area (Å²) in [5, 5.41) is 0. The predicted octanol–water partition coefficient (Wildman–Crippen LogP) is 5.68. The van der Waals surface area contributed by atoms with E-state index in [0.717, 1.165) is 17.8 Å². The zero-order chi connectivity index (χ0) is 14.0. The number of hydrogen-bond donors (Lipinski definition) is 0. The minimum Gasteiger partial charge on any atom is -0.381 e. The molecule has 1 nitrogen and oxygen atoms in total. The summed E-state index contributed by atoms with van der Waals surface area (Å²) >= 11 is 0. The maximum Gasteiger partial charge on any atom is 0.0571 e. The van der Waals surface area contributed by atoms with Crippen LogP contribution in [-0.4, -0.2) is 13.2 Å². The van der Waals surface area contributed by atoms with E-state index in [1.54, 1.807) is 0 Å². The van der Waals surface area contributed by atoms with Crippen molar-refractivity contribution in [1.82, 2.24) is 0 Å². The normalized spacial score (nSPS) is 15.3. The summed E-state index contributed by atoms with van der Waals surface area (Å²) in [6, 6.07) is 0. The number of unbranched alkanes of at least 4 members (excludes halogenated alkanes) is 1. The smallest absolute Gasteiger partial charge is 0.0571 e. The minimum absolute atomic E-state index is 0.493. The molecule has 2 unspecified atom stereocenters. The predicted molar refractivity (Wildman–Crippen MR) is 82.0 cm³/mol. The summed E-state index contributed by atoms with van der Waals surface area (Å²) in [5.41, 5.74) is 0. The van der Waals surface area contributed by atoms with E-state index in [9.17, 15) is 0 Å². The van der Waals surface area contributed by atoms with Crippen LogP contribution in [0.1, 0.15) is 79.6 Å². The molecule has 0 heterocycles. The Balaban J connectivity index is 3.55. The van der Waals surface area contributed by atoms with Gasteiger partial charge in [0, 0.05) is 7.11 Å². The van der Waals surface area contributed by atoms with Crippen molar-refractivity contribution in [2.24, 2.45) is 17.8 Å². The molecule has 110 valence electrons. The largest absolute Gasteiger partial charge is 0.381 e. The molecule has 0 aromatic rings. The zero-order valence-electron chi connectivity index (χ0n) is 13.7. The fraction of sp³-hybridized carbons (Fsp3) is 1.00. The summed E-state index contributed by atoms with van der Waals surface area (Å²) in [5.74, 6) is 2.54. The third kappa shape index (κ3) is 11.1. The SMILES string of the molecule is COC(CCCCC(C)CC(C)C)CCC(C)C. The highest BCUT2D eigenvalue weighted by molar-refractivity contribution is 4.62. The van der Waals surface area contributed by atoms with E-state index in [1.165, 1.54) is 44.9 Å². The average molecular weight is 256 g/mol. The summed E-state index contributed by atoms with van der Waals surface area (Å²) in [6.07, 6.45) is 9.73. The van der Waals surface area contributed by atoms with Gasteiger partial charge in [0.25, 0.3) is 0 Å². The molecule has 1 heteroatoms. The number of hydrogen-bond acceptors (Lipinski definition) is 1. The van der Waals surface area contributed by atoms with Crippen LogP contribution in [0.2, 0.25) is 0 Å². The third-order valence-corrected chi connectivity index (χ3v) is 3.75. The Morgan fingerprint density at radius 1 is 0.722 bits per heavy atom. The first kappa shape index (κ1) is 18.0. The number of rotatable bonds is 11. The van der Waals surface area contributed by atoms with Crippen molar-refractivity contribution < 1.29 is 4.74 Å². The van der Waals surface area contributed by atoms with E-state index < -0.39 is 0 Å². The monoisotopic (exact) mass is 256 g/mol. The topological polar surface area (TPSA) is 9.23 Å². The van der Waals surface area contributed by atoms with Gasteiger partial charge in [0.05, 0.1) is 6.10 Å². The molecule has 0 spiro atoms. The van der Waals surface area contributed by atoms with Crippen molar-refractivity contribution in [3.8, 4) is 0 Å². The van der Waals surface area contributed by atoms with Crippen LogP contribution in [0.4, 0.5) is 0 Å². The highest BCUT2D eigenvalue weighted by Gasteiger charge is 2.09. The zero-order valence-corrected chi connectivity index (χ0v) is 13.7. The first-order chi connectivity index (χ1) is 8.45. The molecule has 0 aliphatic heterocycles. The molecule has 0 rings (SSSR count). The van der Waals surface area contributed by atoms with Crippen LogP contribution in [0.3, 0.4) is 0 Å².